The molecule has 0 aromatic rings. The van der Waals surface area contributed by atoms with Crippen LogP contribution in [0.15, 0.2) is 10.2 Å². The third kappa shape index (κ3) is 1.77. The first-order valence-corrected chi connectivity index (χ1v) is 3.60. The summed E-state index contributed by atoms with van der Waals surface area (Å²) in [7, 11) is 0. The molecule has 0 fully saturated rings. The number of nitrogens with zero attached hydrogens (tertiary/aromatic N) is 2. The van der Waals surface area contributed by atoms with Gasteiger partial charge in [0.25, 0.3) is 0 Å². The predicted octanol–water partition coefficient (Wildman–Crippen LogP) is 2.60. The molecule has 9 heavy (non-hydrogen) atoms. The summed E-state index contributed by atoms with van der Waals surface area (Å²) in [5, 5.41) is 7.89. The highest BCUT2D eigenvalue weighted by Gasteiger charge is 2.34. The van der Waals surface area contributed by atoms with Crippen molar-refractivity contribution in [2.45, 2.75) is 39.3 Å². The summed E-state index contributed by atoms with van der Waals surface area (Å²) in [5.74, 6) is 0.769. The Morgan fingerprint density at radius 3 is 2.33 bits per heavy atom. The van der Waals surface area contributed by atoms with Crippen molar-refractivity contribution in [1.29, 1.82) is 0 Å². The van der Waals surface area contributed by atoms with Crippen molar-refractivity contribution in [3.8, 4) is 0 Å². The van der Waals surface area contributed by atoms with Gasteiger partial charge < -0.3 is 0 Å². The van der Waals surface area contributed by atoms with Crippen LogP contribution >= 0.6 is 0 Å². The van der Waals surface area contributed by atoms with Gasteiger partial charge in [-0.3, -0.25) is 0 Å². The van der Waals surface area contributed by atoms with Crippen LogP contribution in [0.1, 0.15) is 33.6 Å². The molecule has 1 aliphatic rings. The Morgan fingerprint density at radius 2 is 2.00 bits per heavy atom. The van der Waals surface area contributed by atoms with Crippen LogP contribution < -0.4 is 0 Å². The van der Waals surface area contributed by atoms with E-state index in [9.17, 15) is 0 Å². The summed E-state index contributed by atoms with van der Waals surface area (Å²) in [5.41, 5.74) is 0.0232. The second-order valence-corrected chi connectivity index (χ2v) is 3.13. The van der Waals surface area contributed by atoms with Gasteiger partial charge >= 0.3 is 0 Å². The SMILES string of the molecule is CCC(C)CC1(C)N=N1. The topological polar surface area (TPSA) is 24.7 Å². The fourth-order valence-electron chi connectivity index (χ4n) is 0.971. The van der Waals surface area contributed by atoms with Gasteiger partial charge in [-0.15, -0.1) is 0 Å². The Kier molecular flexibility index (Phi) is 1.56. The first-order chi connectivity index (χ1) is 4.16. The van der Waals surface area contributed by atoms with Gasteiger partial charge in [-0.25, -0.2) is 0 Å². The minimum absolute atomic E-state index is 0.0232. The fourth-order valence-corrected chi connectivity index (χ4v) is 0.971. The van der Waals surface area contributed by atoms with Crippen molar-refractivity contribution < 1.29 is 0 Å². The van der Waals surface area contributed by atoms with Gasteiger partial charge in [-0.2, -0.15) is 10.2 Å². The van der Waals surface area contributed by atoms with E-state index >= 15 is 0 Å². The summed E-state index contributed by atoms with van der Waals surface area (Å²) >= 11 is 0. The van der Waals surface area contributed by atoms with E-state index in [2.05, 4.69) is 31.0 Å². The lowest BCUT2D eigenvalue weighted by Crippen LogP contribution is -2.09. The first-order valence-electron chi connectivity index (χ1n) is 3.60. The van der Waals surface area contributed by atoms with Crippen LogP contribution in [0.2, 0.25) is 0 Å². The van der Waals surface area contributed by atoms with E-state index in [-0.39, 0.29) is 5.66 Å². The number of rotatable bonds is 3. The Labute approximate surface area is 56.4 Å². The van der Waals surface area contributed by atoms with Gasteiger partial charge in [0.2, 0.25) is 0 Å². The molecule has 0 radical (unpaired) electrons. The van der Waals surface area contributed by atoms with Crippen LogP contribution in [0.3, 0.4) is 0 Å². The summed E-state index contributed by atoms with van der Waals surface area (Å²) in [4.78, 5) is 0. The molecule has 1 heterocycles. The summed E-state index contributed by atoms with van der Waals surface area (Å²) in [6, 6.07) is 0. The van der Waals surface area contributed by atoms with Crippen molar-refractivity contribution in [3.05, 3.63) is 0 Å². The molecule has 1 aliphatic heterocycles. The van der Waals surface area contributed by atoms with Crippen LogP contribution in [0.25, 0.3) is 0 Å². The quantitative estimate of drug-likeness (QED) is 0.555. The van der Waals surface area contributed by atoms with Crippen molar-refractivity contribution in [2.75, 3.05) is 0 Å². The van der Waals surface area contributed by atoms with Crippen LogP contribution in [-0.4, -0.2) is 5.66 Å². The molecule has 0 amide bonds. The van der Waals surface area contributed by atoms with Gasteiger partial charge in [0.05, 0.1) is 0 Å². The van der Waals surface area contributed by atoms with Gasteiger partial charge in [0.1, 0.15) is 0 Å². The van der Waals surface area contributed by atoms with Crippen LogP contribution in [0.5, 0.6) is 0 Å². The molecule has 0 spiro atoms. The van der Waals surface area contributed by atoms with Crippen LogP contribution in [0, 0.1) is 5.92 Å². The second-order valence-electron chi connectivity index (χ2n) is 3.13. The molecule has 0 aromatic heterocycles. The van der Waals surface area contributed by atoms with Gasteiger partial charge in [0, 0.05) is 0 Å². The molecular formula is C7H14N2. The second kappa shape index (κ2) is 2.09. The standard InChI is InChI=1S/C7H14N2/c1-4-6(2)5-7(3)8-9-7/h6H,4-5H2,1-3H3. The molecule has 0 saturated heterocycles. The number of hydrogen-bond acceptors (Lipinski definition) is 2. The smallest absolute Gasteiger partial charge is 0.159 e. The first kappa shape index (κ1) is 6.72. The molecule has 2 heteroatoms. The molecule has 0 bridgehead atoms. The fraction of sp³-hybridized carbons (Fsp3) is 1.00. The Bertz CT molecular complexity index is 123. The van der Waals surface area contributed by atoms with E-state index in [1.54, 1.807) is 0 Å². The molecule has 1 atom stereocenters. The van der Waals surface area contributed by atoms with Crippen molar-refractivity contribution >= 4 is 0 Å². The Balaban J connectivity index is 2.18. The van der Waals surface area contributed by atoms with E-state index in [0.29, 0.717) is 0 Å². The molecule has 0 saturated carbocycles. The Morgan fingerprint density at radius 1 is 1.44 bits per heavy atom. The summed E-state index contributed by atoms with van der Waals surface area (Å²) in [6.45, 7) is 6.53. The predicted molar refractivity (Wildman–Crippen MR) is 37.3 cm³/mol. The summed E-state index contributed by atoms with van der Waals surface area (Å²) in [6.07, 6.45) is 2.37. The van der Waals surface area contributed by atoms with E-state index in [1.807, 2.05) is 0 Å². The highest BCUT2D eigenvalue weighted by molar-refractivity contribution is 4.88. The highest BCUT2D eigenvalue weighted by atomic mass is 15.4. The van der Waals surface area contributed by atoms with E-state index < -0.39 is 0 Å². The van der Waals surface area contributed by atoms with E-state index in [1.165, 1.54) is 6.42 Å². The van der Waals surface area contributed by atoms with Gasteiger partial charge in [0.15, 0.2) is 5.66 Å². The summed E-state index contributed by atoms with van der Waals surface area (Å²) < 4.78 is 0. The van der Waals surface area contributed by atoms with Crippen molar-refractivity contribution in [3.63, 3.8) is 0 Å². The molecule has 52 valence electrons. The monoisotopic (exact) mass is 126 g/mol. The zero-order chi connectivity index (χ0) is 6.91. The lowest BCUT2D eigenvalue weighted by atomic mass is 9.98. The zero-order valence-corrected chi connectivity index (χ0v) is 6.39. The van der Waals surface area contributed by atoms with Crippen molar-refractivity contribution in [2.24, 2.45) is 16.1 Å². The lowest BCUT2D eigenvalue weighted by Gasteiger charge is -2.08. The van der Waals surface area contributed by atoms with Crippen LogP contribution in [-0.2, 0) is 0 Å². The molecule has 1 unspecified atom stereocenters. The average molecular weight is 126 g/mol. The minimum atomic E-state index is 0.0232. The molecule has 0 aliphatic carbocycles. The third-order valence-corrected chi connectivity index (χ3v) is 1.87. The lowest BCUT2D eigenvalue weighted by molar-refractivity contribution is 0.437. The third-order valence-electron chi connectivity index (χ3n) is 1.87. The van der Waals surface area contributed by atoms with Crippen LogP contribution in [0.4, 0.5) is 0 Å². The van der Waals surface area contributed by atoms with E-state index in [0.717, 1.165) is 12.3 Å². The maximum absolute atomic E-state index is 3.95. The molecular weight excluding hydrogens is 112 g/mol. The Hall–Kier alpha value is -0.400. The maximum Gasteiger partial charge on any atom is 0.188 e. The highest BCUT2D eigenvalue weighted by Crippen LogP contribution is 2.34. The maximum atomic E-state index is 3.95. The largest absolute Gasteiger partial charge is 0.188 e. The molecule has 2 nitrogen and oxygen atoms in total. The average Bonchev–Trinajstić information content (AvgIpc) is 2.48. The van der Waals surface area contributed by atoms with Gasteiger partial charge in [-0.1, -0.05) is 20.3 Å². The molecule has 0 N–H and O–H groups in total. The normalized spacial score (nSPS) is 23.9. The van der Waals surface area contributed by atoms with E-state index in [4.69, 9.17) is 0 Å². The van der Waals surface area contributed by atoms with Gasteiger partial charge in [-0.05, 0) is 19.3 Å². The zero-order valence-electron chi connectivity index (χ0n) is 6.39. The minimum Gasteiger partial charge on any atom is -0.159 e. The number of hydrogen-bond donors (Lipinski definition) is 0. The molecule has 0 aromatic carbocycles. The molecule has 1 rings (SSSR count). The van der Waals surface area contributed by atoms with Crippen molar-refractivity contribution in [1.82, 2.24) is 0 Å².